The molecule has 0 aromatic carbocycles. The van der Waals surface area contributed by atoms with Gasteiger partial charge in [-0.05, 0) is 37.0 Å². The van der Waals surface area contributed by atoms with Gasteiger partial charge in [-0.3, -0.25) is 4.79 Å². The summed E-state index contributed by atoms with van der Waals surface area (Å²) in [4.78, 5) is 11.1. The molecule has 3 unspecified atom stereocenters. The smallest absolute Gasteiger partial charge is 0.306 e. The van der Waals surface area contributed by atoms with Crippen LogP contribution in [-0.4, -0.2) is 12.6 Å². The van der Waals surface area contributed by atoms with Crippen molar-refractivity contribution in [3.63, 3.8) is 0 Å². The largest absolute Gasteiger partial charge is 0.465 e. The van der Waals surface area contributed by atoms with Crippen molar-refractivity contribution in [3.8, 4) is 0 Å². The number of ether oxygens (including phenoxy) is 1. The van der Waals surface area contributed by atoms with E-state index in [4.69, 9.17) is 4.74 Å². The molecule has 72 valence electrons. The van der Waals surface area contributed by atoms with E-state index in [9.17, 15) is 4.79 Å². The average molecular weight is 180 g/mol. The first kappa shape index (κ1) is 7.84. The Morgan fingerprint density at radius 3 is 2.77 bits per heavy atom. The second kappa shape index (κ2) is 2.28. The van der Waals surface area contributed by atoms with Crippen molar-refractivity contribution >= 4 is 5.97 Å². The first-order valence-corrected chi connectivity index (χ1v) is 5.35. The number of carbonyl (C=O) groups is 1. The van der Waals surface area contributed by atoms with Crippen LogP contribution in [0.2, 0.25) is 0 Å². The van der Waals surface area contributed by atoms with Gasteiger partial charge in [0.1, 0.15) is 0 Å². The second-order valence-electron chi connectivity index (χ2n) is 5.31. The lowest BCUT2D eigenvalue weighted by atomic mass is 9.70. The molecule has 3 aliphatic rings. The van der Waals surface area contributed by atoms with Crippen molar-refractivity contribution in [3.05, 3.63) is 0 Å². The van der Waals surface area contributed by atoms with Gasteiger partial charge in [-0.25, -0.2) is 0 Å². The van der Waals surface area contributed by atoms with E-state index in [2.05, 4.69) is 6.92 Å². The summed E-state index contributed by atoms with van der Waals surface area (Å²) < 4.78 is 5.14. The molecule has 1 spiro atoms. The van der Waals surface area contributed by atoms with E-state index in [0.717, 1.165) is 24.4 Å². The maximum Gasteiger partial charge on any atom is 0.306 e. The third-order valence-corrected chi connectivity index (χ3v) is 4.60. The molecular formula is C11H16O2. The Morgan fingerprint density at radius 2 is 2.31 bits per heavy atom. The van der Waals surface area contributed by atoms with Crippen LogP contribution < -0.4 is 0 Å². The zero-order valence-electron chi connectivity index (χ0n) is 8.08. The molecule has 2 nitrogen and oxygen atoms in total. The Bertz CT molecular complexity index is 259. The molecule has 0 radical (unpaired) electrons. The average Bonchev–Trinajstić information content (AvgIpc) is 2.68. The number of hydrogen-bond donors (Lipinski definition) is 0. The van der Waals surface area contributed by atoms with Gasteiger partial charge in [0.25, 0.3) is 0 Å². The highest BCUT2D eigenvalue weighted by Crippen LogP contribution is 2.61. The fourth-order valence-electron chi connectivity index (χ4n) is 3.82. The number of carbonyl (C=O) groups excluding carboxylic acids is 1. The van der Waals surface area contributed by atoms with E-state index >= 15 is 0 Å². The molecule has 2 saturated carbocycles. The van der Waals surface area contributed by atoms with E-state index in [1.807, 2.05) is 0 Å². The first-order valence-electron chi connectivity index (χ1n) is 5.35. The highest BCUT2D eigenvalue weighted by Gasteiger charge is 2.57. The predicted octanol–water partition coefficient (Wildman–Crippen LogP) is 1.99. The van der Waals surface area contributed by atoms with Crippen LogP contribution in [0.4, 0.5) is 0 Å². The quantitative estimate of drug-likeness (QED) is 0.533. The summed E-state index contributed by atoms with van der Waals surface area (Å²) in [5.41, 5.74) is 0.286. The summed E-state index contributed by atoms with van der Waals surface area (Å²) >= 11 is 0. The number of fused-ring (bicyclic) bond motifs is 3. The highest BCUT2D eigenvalue weighted by molar-refractivity contribution is 5.72. The lowest BCUT2D eigenvalue weighted by molar-refractivity contribution is -0.137. The van der Waals surface area contributed by atoms with Gasteiger partial charge in [-0.2, -0.15) is 0 Å². The Kier molecular flexibility index (Phi) is 1.38. The fraction of sp³-hybridized carbons (Fsp3) is 0.909. The second-order valence-corrected chi connectivity index (χ2v) is 5.31. The summed E-state index contributed by atoms with van der Waals surface area (Å²) in [6.07, 6.45) is 4.66. The van der Waals surface area contributed by atoms with Crippen molar-refractivity contribution in [2.75, 3.05) is 6.61 Å². The minimum Gasteiger partial charge on any atom is -0.465 e. The van der Waals surface area contributed by atoms with Crippen LogP contribution >= 0.6 is 0 Å². The topological polar surface area (TPSA) is 26.3 Å². The molecule has 2 aliphatic carbocycles. The SMILES string of the molecule is C[C@@H]1CC2CC1CC21COC(=O)C1. The molecule has 0 aromatic heterocycles. The van der Waals surface area contributed by atoms with Gasteiger partial charge in [-0.1, -0.05) is 6.92 Å². The molecule has 3 fully saturated rings. The number of esters is 1. The predicted molar refractivity (Wildman–Crippen MR) is 48.0 cm³/mol. The van der Waals surface area contributed by atoms with Crippen LogP contribution in [0, 0.1) is 23.2 Å². The molecule has 0 N–H and O–H groups in total. The van der Waals surface area contributed by atoms with Crippen LogP contribution in [0.5, 0.6) is 0 Å². The molecule has 2 bridgehead atoms. The zero-order valence-corrected chi connectivity index (χ0v) is 8.08. The molecule has 4 atom stereocenters. The fourth-order valence-corrected chi connectivity index (χ4v) is 3.82. The molecule has 2 heteroatoms. The molecule has 3 rings (SSSR count). The molecule has 1 aliphatic heterocycles. The first-order chi connectivity index (χ1) is 6.20. The Morgan fingerprint density at radius 1 is 1.46 bits per heavy atom. The number of rotatable bonds is 0. The molecule has 0 amide bonds. The molecule has 1 saturated heterocycles. The minimum atomic E-state index is 0.0419. The van der Waals surface area contributed by atoms with Gasteiger partial charge < -0.3 is 4.74 Å². The summed E-state index contributed by atoms with van der Waals surface area (Å²) in [6.45, 7) is 3.08. The lowest BCUT2D eigenvalue weighted by Crippen LogP contribution is -2.30. The number of cyclic esters (lactones) is 1. The maximum absolute atomic E-state index is 11.1. The summed E-state index contributed by atoms with van der Waals surface area (Å²) in [5.74, 6) is 2.62. The minimum absolute atomic E-state index is 0.0419. The van der Waals surface area contributed by atoms with E-state index in [0.29, 0.717) is 6.42 Å². The Hall–Kier alpha value is -0.530. The molecular weight excluding hydrogens is 164 g/mol. The van der Waals surface area contributed by atoms with Crippen molar-refractivity contribution in [2.24, 2.45) is 23.2 Å². The van der Waals surface area contributed by atoms with E-state index < -0.39 is 0 Å². The third kappa shape index (κ3) is 0.918. The van der Waals surface area contributed by atoms with E-state index in [1.165, 1.54) is 19.3 Å². The van der Waals surface area contributed by atoms with Gasteiger partial charge >= 0.3 is 5.97 Å². The van der Waals surface area contributed by atoms with Crippen molar-refractivity contribution < 1.29 is 9.53 Å². The standard InChI is InChI=1S/C11H16O2/c1-7-2-9-3-8(7)4-11(9)5-10(12)13-6-11/h7-9H,2-6H2,1H3/t7-,8?,9?,11?/m1/s1. The van der Waals surface area contributed by atoms with Crippen molar-refractivity contribution in [2.45, 2.75) is 32.6 Å². The Balaban J connectivity index is 1.85. The monoisotopic (exact) mass is 180 g/mol. The number of hydrogen-bond acceptors (Lipinski definition) is 2. The zero-order chi connectivity index (χ0) is 9.05. The Labute approximate surface area is 78.6 Å². The van der Waals surface area contributed by atoms with Gasteiger partial charge in [0.2, 0.25) is 0 Å². The molecule has 1 heterocycles. The molecule has 0 aromatic rings. The third-order valence-electron chi connectivity index (χ3n) is 4.60. The maximum atomic E-state index is 11.1. The van der Waals surface area contributed by atoms with E-state index in [1.54, 1.807) is 0 Å². The van der Waals surface area contributed by atoms with Crippen LogP contribution in [0.3, 0.4) is 0 Å². The van der Waals surface area contributed by atoms with Gasteiger partial charge in [0.15, 0.2) is 0 Å². The molecule has 13 heavy (non-hydrogen) atoms. The normalized spacial score (nSPS) is 53.3. The van der Waals surface area contributed by atoms with Crippen LogP contribution in [-0.2, 0) is 9.53 Å². The van der Waals surface area contributed by atoms with Gasteiger partial charge in [0, 0.05) is 5.41 Å². The van der Waals surface area contributed by atoms with Gasteiger partial charge in [-0.15, -0.1) is 0 Å². The summed E-state index contributed by atoms with van der Waals surface area (Å²) in [7, 11) is 0. The van der Waals surface area contributed by atoms with Gasteiger partial charge in [0.05, 0.1) is 13.0 Å². The van der Waals surface area contributed by atoms with E-state index in [-0.39, 0.29) is 11.4 Å². The van der Waals surface area contributed by atoms with Crippen LogP contribution in [0.1, 0.15) is 32.6 Å². The van der Waals surface area contributed by atoms with Crippen molar-refractivity contribution in [1.29, 1.82) is 0 Å². The lowest BCUT2D eigenvalue weighted by Gasteiger charge is -2.33. The summed E-state index contributed by atoms with van der Waals surface area (Å²) in [5, 5.41) is 0. The van der Waals surface area contributed by atoms with Crippen LogP contribution in [0.15, 0.2) is 0 Å². The summed E-state index contributed by atoms with van der Waals surface area (Å²) in [6, 6.07) is 0. The van der Waals surface area contributed by atoms with Crippen LogP contribution in [0.25, 0.3) is 0 Å². The highest BCUT2D eigenvalue weighted by atomic mass is 16.5. The van der Waals surface area contributed by atoms with Crippen molar-refractivity contribution in [1.82, 2.24) is 0 Å².